The van der Waals surface area contributed by atoms with Crippen LogP contribution in [0.4, 0.5) is 0 Å². The summed E-state index contributed by atoms with van der Waals surface area (Å²) in [6, 6.07) is 1.04. The van der Waals surface area contributed by atoms with Crippen molar-refractivity contribution in [2.45, 2.75) is 64.5 Å². The molecule has 1 aliphatic carbocycles. The molecule has 3 heteroatoms. The minimum atomic E-state index is -0.683. The monoisotopic (exact) mass is 227 g/mol. The van der Waals surface area contributed by atoms with Gasteiger partial charge in [0.25, 0.3) is 0 Å². The van der Waals surface area contributed by atoms with Gasteiger partial charge in [0, 0.05) is 18.5 Å². The van der Waals surface area contributed by atoms with Gasteiger partial charge in [0.2, 0.25) is 0 Å². The van der Waals surface area contributed by atoms with Crippen LogP contribution in [0.15, 0.2) is 0 Å². The molecule has 1 N–H and O–H groups in total. The molecule has 3 nitrogen and oxygen atoms in total. The van der Waals surface area contributed by atoms with Crippen molar-refractivity contribution in [1.82, 2.24) is 4.90 Å². The van der Waals surface area contributed by atoms with Crippen LogP contribution in [-0.2, 0) is 4.79 Å². The highest BCUT2D eigenvalue weighted by atomic mass is 16.4. The molecular weight excluding hydrogens is 202 g/mol. The molecule has 0 aromatic heterocycles. The number of aliphatic carboxylic acids is 1. The Labute approximate surface area is 98.8 Å². The summed E-state index contributed by atoms with van der Waals surface area (Å²) in [5.74, 6) is 0.144. The van der Waals surface area contributed by atoms with Gasteiger partial charge in [-0.25, -0.2) is 0 Å². The largest absolute Gasteiger partial charge is 0.481 e. The number of carboxylic acid groups (broad SMARTS) is 1. The Hall–Kier alpha value is -0.570. The van der Waals surface area contributed by atoms with Crippen LogP contribution in [0.2, 0.25) is 0 Å². The zero-order chi connectivity index (χ0) is 12.1. The number of rotatable bonds is 5. The highest BCUT2D eigenvalue weighted by Crippen LogP contribution is 2.28. The summed E-state index contributed by atoms with van der Waals surface area (Å²) >= 11 is 0. The van der Waals surface area contributed by atoms with Crippen molar-refractivity contribution in [3.63, 3.8) is 0 Å². The molecule has 1 saturated carbocycles. The molecule has 3 atom stereocenters. The van der Waals surface area contributed by atoms with Gasteiger partial charge in [0.15, 0.2) is 0 Å². The first-order valence-corrected chi connectivity index (χ1v) is 6.44. The highest BCUT2D eigenvalue weighted by Gasteiger charge is 2.25. The fraction of sp³-hybridized carbons (Fsp3) is 0.923. The number of nitrogens with zero attached hydrogens (tertiary/aromatic N) is 1. The molecule has 0 bridgehead atoms. The Balaban J connectivity index is 2.36. The second-order valence-corrected chi connectivity index (χ2v) is 5.37. The standard InChI is InChI=1S/C13H25NO2/c1-10-5-4-6-12(9-10)14(3)11(2)7-8-13(15)16/h10-12H,4-9H2,1-3H3,(H,15,16). The van der Waals surface area contributed by atoms with Crippen molar-refractivity contribution in [1.29, 1.82) is 0 Å². The van der Waals surface area contributed by atoms with Crippen LogP contribution in [0.25, 0.3) is 0 Å². The molecule has 1 rings (SSSR count). The summed E-state index contributed by atoms with van der Waals surface area (Å²) in [6.07, 6.45) is 6.27. The van der Waals surface area contributed by atoms with E-state index >= 15 is 0 Å². The van der Waals surface area contributed by atoms with E-state index in [0.29, 0.717) is 12.1 Å². The third-order valence-corrected chi connectivity index (χ3v) is 3.96. The van der Waals surface area contributed by atoms with E-state index in [2.05, 4.69) is 25.8 Å². The van der Waals surface area contributed by atoms with E-state index in [1.807, 2.05) is 0 Å². The molecule has 0 aromatic carbocycles. The first kappa shape index (κ1) is 13.5. The second-order valence-electron chi connectivity index (χ2n) is 5.37. The molecule has 1 aliphatic rings. The minimum absolute atomic E-state index is 0.285. The van der Waals surface area contributed by atoms with Crippen molar-refractivity contribution >= 4 is 5.97 Å². The number of hydrogen-bond acceptors (Lipinski definition) is 2. The average Bonchev–Trinajstić information content (AvgIpc) is 2.24. The van der Waals surface area contributed by atoms with Crippen molar-refractivity contribution in [3.8, 4) is 0 Å². The summed E-state index contributed by atoms with van der Waals surface area (Å²) in [5, 5.41) is 8.68. The maximum absolute atomic E-state index is 10.5. The van der Waals surface area contributed by atoms with Crippen molar-refractivity contribution in [2.75, 3.05) is 7.05 Å². The van der Waals surface area contributed by atoms with E-state index < -0.39 is 5.97 Å². The fourth-order valence-corrected chi connectivity index (χ4v) is 2.67. The molecule has 16 heavy (non-hydrogen) atoms. The van der Waals surface area contributed by atoms with Crippen molar-refractivity contribution < 1.29 is 9.90 Å². The van der Waals surface area contributed by atoms with Crippen LogP contribution in [0.1, 0.15) is 52.4 Å². The van der Waals surface area contributed by atoms with Gasteiger partial charge < -0.3 is 10.0 Å². The lowest BCUT2D eigenvalue weighted by atomic mass is 9.86. The summed E-state index contributed by atoms with van der Waals surface area (Å²) in [7, 11) is 2.15. The maximum atomic E-state index is 10.5. The first-order valence-electron chi connectivity index (χ1n) is 6.44. The van der Waals surface area contributed by atoms with Gasteiger partial charge in [-0.15, -0.1) is 0 Å². The van der Waals surface area contributed by atoms with E-state index in [0.717, 1.165) is 12.3 Å². The predicted octanol–water partition coefficient (Wildman–Crippen LogP) is 2.75. The van der Waals surface area contributed by atoms with Crippen LogP contribution in [0.5, 0.6) is 0 Å². The SMILES string of the molecule is CC1CCCC(N(C)C(C)CCC(=O)O)C1. The minimum Gasteiger partial charge on any atom is -0.481 e. The van der Waals surface area contributed by atoms with Crippen molar-refractivity contribution in [2.24, 2.45) is 5.92 Å². The van der Waals surface area contributed by atoms with E-state index in [1.54, 1.807) is 0 Å². The summed E-state index contributed by atoms with van der Waals surface area (Å²) < 4.78 is 0. The first-order chi connectivity index (χ1) is 7.50. The molecule has 1 fully saturated rings. The number of carbonyl (C=O) groups is 1. The van der Waals surface area contributed by atoms with Gasteiger partial charge in [-0.1, -0.05) is 19.8 Å². The van der Waals surface area contributed by atoms with Crippen LogP contribution < -0.4 is 0 Å². The van der Waals surface area contributed by atoms with Crippen LogP contribution >= 0.6 is 0 Å². The Morgan fingerprint density at radius 3 is 2.75 bits per heavy atom. The van der Waals surface area contributed by atoms with Gasteiger partial charge in [-0.2, -0.15) is 0 Å². The zero-order valence-corrected chi connectivity index (χ0v) is 10.8. The molecule has 3 unspecified atom stereocenters. The van der Waals surface area contributed by atoms with Crippen LogP contribution in [0.3, 0.4) is 0 Å². The predicted molar refractivity (Wildman–Crippen MR) is 65.5 cm³/mol. The van der Waals surface area contributed by atoms with Gasteiger partial charge in [0.05, 0.1) is 0 Å². The van der Waals surface area contributed by atoms with E-state index in [9.17, 15) is 4.79 Å². The van der Waals surface area contributed by atoms with Crippen molar-refractivity contribution in [3.05, 3.63) is 0 Å². The summed E-state index contributed by atoms with van der Waals surface area (Å²) in [4.78, 5) is 12.9. The Kier molecular flexibility index (Phi) is 5.26. The average molecular weight is 227 g/mol. The van der Waals surface area contributed by atoms with Gasteiger partial charge in [0.1, 0.15) is 0 Å². The molecule has 0 saturated heterocycles. The number of hydrogen-bond donors (Lipinski definition) is 1. The summed E-state index contributed by atoms with van der Waals surface area (Å²) in [5.41, 5.74) is 0. The lowest BCUT2D eigenvalue weighted by Gasteiger charge is -2.37. The third-order valence-electron chi connectivity index (χ3n) is 3.96. The van der Waals surface area contributed by atoms with Gasteiger partial charge in [-0.05, 0) is 39.2 Å². The second kappa shape index (κ2) is 6.24. The Morgan fingerprint density at radius 2 is 2.19 bits per heavy atom. The molecule has 0 aliphatic heterocycles. The van der Waals surface area contributed by atoms with E-state index in [-0.39, 0.29) is 6.42 Å². The fourth-order valence-electron chi connectivity index (χ4n) is 2.67. The smallest absolute Gasteiger partial charge is 0.303 e. The molecule has 0 amide bonds. The van der Waals surface area contributed by atoms with Crippen LogP contribution in [-0.4, -0.2) is 35.1 Å². The molecule has 94 valence electrons. The van der Waals surface area contributed by atoms with Crippen LogP contribution in [0, 0.1) is 5.92 Å². The van der Waals surface area contributed by atoms with E-state index in [4.69, 9.17) is 5.11 Å². The Bertz CT molecular complexity index is 230. The lowest BCUT2D eigenvalue weighted by molar-refractivity contribution is -0.137. The molecular formula is C13H25NO2. The normalized spacial score (nSPS) is 28.0. The molecule has 0 heterocycles. The van der Waals surface area contributed by atoms with Gasteiger partial charge in [-0.3, -0.25) is 4.79 Å². The van der Waals surface area contributed by atoms with E-state index in [1.165, 1.54) is 25.7 Å². The molecule has 0 aromatic rings. The topological polar surface area (TPSA) is 40.5 Å². The maximum Gasteiger partial charge on any atom is 0.303 e. The summed E-state index contributed by atoms with van der Waals surface area (Å²) in [6.45, 7) is 4.46. The Morgan fingerprint density at radius 1 is 1.50 bits per heavy atom. The molecule has 0 radical (unpaired) electrons. The number of carboxylic acids is 1. The quantitative estimate of drug-likeness (QED) is 0.785. The lowest BCUT2D eigenvalue weighted by Crippen LogP contribution is -2.41. The van der Waals surface area contributed by atoms with Gasteiger partial charge >= 0.3 is 5.97 Å². The third kappa shape index (κ3) is 4.12. The zero-order valence-electron chi connectivity index (χ0n) is 10.8. The molecule has 0 spiro atoms. The highest BCUT2D eigenvalue weighted by molar-refractivity contribution is 5.66.